The second-order valence-corrected chi connectivity index (χ2v) is 6.03. The first-order valence-corrected chi connectivity index (χ1v) is 9.06. The SMILES string of the molecule is CCN(CC)c1ccc(F)c(Nc2cc(-c3ccc(OC(F)F)cc3)cnn2)n1. The molecule has 3 aromatic rings. The normalized spacial score (nSPS) is 10.8. The number of benzene rings is 1. The van der Waals surface area contributed by atoms with E-state index in [0.717, 1.165) is 18.7 Å². The van der Waals surface area contributed by atoms with Crippen LogP contribution in [0.15, 0.2) is 48.7 Å². The minimum atomic E-state index is -2.88. The first-order chi connectivity index (χ1) is 14.0. The van der Waals surface area contributed by atoms with E-state index < -0.39 is 12.4 Å². The van der Waals surface area contributed by atoms with Crippen LogP contribution in [-0.2, 0) is 0 Å². The Morgan fingerprint density at radius 3 is 2.41 bits per heavy atom. The molecule has 0 saturated carbocycles. The Morgan fingerprint density at radius 1 is 1.03 bits per heavy atom. The fraction of sp³-hybridized carbons (Fsp3) is 0.250. The first kappa shape index (κ1) is 20.4. The van der Waals surface area contributed by atoms with Gasteiger partial charge in [-0.15, -0.1) is 5.10 Å². The third-order valence-corrected chi connectivity index (χ3v) is 4.23. The summed E-state index contributed by atoms with van der Waals surface area (Å²) in [6.45, 7) is 2.60. The second kappa shape index (κ2) is 9.22. The number of hydrogen-bond donors (Lipinski definition) is 1. The molecule has 0 aliphatic carbocycles. The Bertz CT molecular complexity index is 949. The number of aromatic nitrogens is 3. The van der Waals surface area contributed by atoms with Gasteiger partial charge in [-0.25, -0.2) is 9.37 Å². The van der Waals surface area contributed by atoms with E-state index in [4.69, 9.17) is 0 Å². The summed E-state index contributed by atoms with van der Waals surface area (Å²) in [5, 5.41) is 10.7. The maximum atomic E-state index is 14.2. The summed E-state index contributed by atoms with van der Waals surface area (Å²) >= 11 is 0. The molecule has 29 heavy (non-hydrogen) atoms. The lowest BCUT2D eigenvalue weighted by molar-refractivity contribution is -0.0498. The van der Waals surface area contributed by atoms with Crippen LogP contribution in [0.2, 0.25) is 0 Å². The molecule has 9 heteroatoms. The summed E-state index contributed by atoms with van der Waals surface area (Å²) in [6.07, 6.45) is 1.52. The number of halogens is 3. The average molecular weight is 403 g/mol. The van der Waals surface area contributed by atoms with Crippen molar-refractivity contribution in [1.29, 1.82) is 0 Å². The van der Waals surface area contributed by atoms with E-state index >= 15 is 0 Å². The number of ether oxygens (including phenoxy) is 1. The molecule has 0 saturated heterocycles. The maximum absolute atomic E-state index is 14.2. The predicted octanol–water partition coefficient (Wildman–Crippen LogP) is 4.87. The average Bonchev–Trinajstić information content (AvgIpc) is 2.71. The molecular formula is C20H20F3N5O. The second-order valence-electron chi connectivity index (χ2n) is 6.03. The molecule has 0 unspecified atom stereocenters. The molecule has 0 bridgehead atoms. The van der Waals surface area contributed by atoms with Crippen molar-refractivity contribution >= 4 is 17.5 Å². The molecular weight excluding hydrogens is 383 g/mol. The Balaban J connectivity index is 1.82. The number of alkyl halides is 2. The minimum Gasteiger partial charge on any atom is -0.435 e. The van der Waals surface area contributed by atoms with Crippen molar-refractivity contribution in [3.8, 4) is 16.9 Å². The summed E-state index contributed by atoms with van der Waals surface area (Å²) < 4.78 is 43.1. The summed E-state index contributed by atoms with van der Waals surface area (Å²) in [4.78, 5) is 6.33. The van der Waals surface area contributed by atoms with Gasteiger partial charge in [0.2, 0.25) is 0 Å². The van der Waals surface area contributed by atoms with E-state index in [1.165, 1.54) is 24.4 Å². The van der Waals surface area contributed by atoms with Gasteiger partial charge in [0.05, 0.1) is 6.20 Å². The van der Waals surface area contributed by atoms with Gasteiger partial charge in [0, 0.05) is 18.7 Å². The van der Waals surface area contributed by atoms with E-state index in [0.29, 0.717) is 17.2 Å². The number of anilines is 3. The van der Waals surface area contributed by atoms with Crippen LogP contribution < -0.4 is 15.0 Å². The minimum absolute atomic E-state index is 0.0431. The molecule has 0 amide bonds. The molecule has 1 aromatic carbocycles. The molecule has 3 rings (SSSR count). The van der Waals surface area contributed by atoms with Crippen LogP contribution in [0.25, 0.3) is 11.1 Å². The summed E-state index contributed by atoms with van der Waals surface area (Å²) in [7, 11) is 0. The van der Waals surface area contributed by atoms with E-state index in [9.17, 15) is 13.2 Å². The molecule has 0 fully saturated rings. The van der Waals surface area contributed by atoms with Gasteiger partial charge < -0.3 is 15.0 Å². The molecule has 0 radical (unpaired) electrons. The third kappa shape index (κ3) is 5.13. The molecule has 2 heterocycles. The van der Waals surface area contributed by atoms with Crippen LogP contribution in [0.4, 0.5) is 30.6 Å². The fourth-order valence-corrected chi connectivity index (χ4v) is 2.78. The zero-order valence-corrected chi connectivity index (χ0v) is 15.9. The van der Waals surface area contributed by atoms with E-state index in [1.54, 1.807) is 24.3 Å². The fourth-order valence-electron chi connectivity index (χ4n) is 2.78. The van der Waals surface area contributed by atoms with Gasteiger partial charge >= 0.3 is 6.61 Å². The Hall–Kier alpha value is -3.36. The van der Waals surface area contributed by atoms with Gasteiger partial charge in [-0.1, -0.05) is 12.1 Å². The largest absolute Gasteiger partial charge is 0.435 e. The van der Waals surface area contributed by atoms with Crippen molar-refractivity contribution in [2.75, 3.05) is 23.3 Å². The van der Waals surface area contributed by atoms with Gasteiger partial charge in [-0.3, -0.25) is 0 Å². The molecule has 0 aliphatic rings. The highest BCUT2D eigenvalue weighted by Crippen LogP contribution is 2.26. The van der Waals surface area contributed by atoms with Gasteiger partial charge in [-0.05, 0) is 49.7 Å². The molecule has 0 aliphatic heterocycles. The first-order valence-electron chi connectivity index (χ1n) is 9.06. The van der Waals surface area contributed by atoms with Crippen molar-refractivity contribution in [3.63, 3.8) is 0 Å². The number of rotatable bonds is 8. The van der Waals surface area contributed by atoms with E-state index in [2.05, 4.69) is 25.2 Å². The van der Waals surface area contributed by atoms with Crippen LogP contribution >= 0.6 is 0 Å². The zero-order valence-electron chi connectivity index (χ0n) is 15.9. The summed E-state index contributed by atoms with van der Waals surface area (Å²) in [5.74, 6) is 0.544. The third-order valence-electron chi connectivity index (χ3n) is 4.23. The topological polar surface area (TPSA) is 63.2 Å². The van der Waals surface area contributed by atoms with Crippen LogP contribution in [0.5, 0.6) is 5.75 Å². The lowest BCUT2D eigenvalue weighted by Crippen LogP contribution is -2.23. The molecule has 0 spiro atoms. The Labute approximate surface area is 166 Å². The number of pyridine rings is 1. The Kier molecular flexibility index (Phi) is 6.48. The van der Waals surface area contributed by atoms with Crippen LogP contribution in [0.1, 0.15) is 13.8 Å². The highest BCUT2D eigenvalue weighted by molar-refractivity contribution is 5.67. The van der Waals surface area contributed by atoms with Gasteiger partial charge in [-0.2, -0.15) is 13.9 Å². The quantitative estimate of drug-likeness (QED) is 0.579. The highest BCUT2D eigenvalue weighted by atomic mass is 19.3. The predicted molar refractivity (Wildman–Crippen MR) is 105 cm³/mol. The number of nitrogens with zero attached hydrogens (tertiary/aromatic N) is 4. The van der Waals surface area contributed by atoms with Gasteiger partial charge in [0.25, 0.3) is 0 Å². The smallest absolute Gasteiger partial charge is 0.387 e. The highest BCUT2D eigenvalue weighted by Gasteiger charge is 2.11. The molecule has 0 atom stereocenters. The Morgan fingerprint density at radius 2 is 1.76 bits per heavy atom. The van der Waals surface area contributed by atoms with Gasteiger partial charge in [0.15, 0.2) is 17.5 Å². The van der Waals surface area contributed by atoms with Crippen molar-refractivity contribution in [2.24, 2.45) is 0 Å². The van der Waals surface area contributed by atoms with Crippen molar-refractivity contribution in [2.45, 2.75) is 20.5 Å². The maximum Gasteiger partial charge on any atom is 0.387 e. The zero-order chi connectivity index (χ0) is 20.8. The molecule has 6 nitrogen and oxygen atoms in total. The summed E-state index contributed by atoms with van der Waals surface area (Å²) in [6, 6.07) is 10.8. The van der Waals surface area contributed by atoms with Crippen LogP contribution in [0.3, 0.4) is 0 Å². The monoisotopic (exact) mass is 403 g/mol. The van der Waals surface area contributed by atoms with E-state index in [1.807, 2.05) is 18.7 Å². The molecule has 1 N–H and O–H groups in total. The molecule has 152 valence electrons. The van der Waals surface area contributed by atoms with Crippen molar-refractivity contribution in [1.82, 2.24) is 15.2 Å². The van der Waals surface area contributed by atoms with Crippen LogP contribution in [0, 0.1) is 5.82 Å². The number of hydrogen-bond acceptors (Lipinski definition) is 6. The van der Waals surface area contributed by atoms with Crippen molar-refractivity contribution < 1.29 is 17.9 Å². The standard InChI is InChI=1S/C20H20F3N5O/c1-3-28(4-2)18-10-9-16(21)19(26-18)25-17-11-14(12-24-27-17)13-5-7-15(8-6-13)29-20(22)23/h5-12,20H,3-4H2,1-2H3,(H,25,26,27). The molecule has 2 aromatic heterocycles. The lowest BCUT2D eigenvalue weighted by Gasteiger charge is -2.20. The number of nitrogens with one attached hydrogen (secondary N) is 1. The van der Waals surface area contributed by atoms with Gasteiger partial charge in [0.1, 0.15) is 11.6 Å². The van der Waals surface area contributed by atoms with E-state index in [-0.39, 0.29) is 11.6 Å². The lowest BCUT2D eigenvalue weighted by atomic mass is 10.1. The summed E-state index contributed by atoms with van der Waals surface area (Å²) in [5.41, 5.74) is 1.39. The van der Waals surface area contributed by atoms with Crippen molar-refractivity contribution in [3.05, 3.63) is 54.5 Å². The van der Waals surface area contributed by atoms with Crippen LogP contribution in [-0.4, -0.2) is 34.9 Å².